The largest absolute Gasteiger partial charge is 0.454 e. The predicted molar refractivity (Wildman–Crippen MR) is 135 cm³/mol. The Balaban J connectivity index is 1.27. The number of amides is 2. The molecule has 6 rings (SSSR count). The van der Waals surface area contributed by atoms with E-state index in [0.717, 1.165) is 17.1 Å². The van der Waals surface area contributed by atoms with E-state index in [1.807, 2.05) is 29.1 Å². The van der Waals surface area contributed by atoms with Gasteiger partial charge in [-0.25, -0.2) is 4.68 Å². The van der Waals surface area contributed by atoms with Gasteiger partial charge in [0.05, 0.1) is 18.8 Å². The molecule has 0 unspecified atom stereocenters. The molecule has 3 aromatic rings. The van der Waals surface area contributed by atoms with Gasteiger partial charge < -0.3 is 24.3 Å². The molecule has 198 valence electrons. The maximum Gasteiger partial charge on any atom is 0.263 e. The van der Waals surface area contributed by atoms with Crippen LogP contribution in [0.4, 0.5) is 0 Å². The van der Waals surface area contributed by atoms with Gasteiger partial charge in [-0.2, -0.15) is 0 Å². The molecular formula is C26H29N7O5. The smallest absolute Gasteiger partial charge is 0.263 e. The van der Waals surface area contributed by atoms with Crippen LogP contribution in [-0.2, 0) is 17.9 Å². The molecule has 2 aromatic heterocycles. The number of fused-ring (bicyclic) bond motifs is 7. The molecule has 1 N–H and O–H groups in total. The van der Waals surface area contributed by atoms with E-state index in [0.29, 0.717) is 44.8 Å². The number of nitrogens with one attached hydrogen (secondary N) is 1. The molecule has 0 spiro atoms. The van der Waals surface area contributed by atoms with E-state index in [1.54, 1.807) is 19.3 Å². The highest BCUT2D eigenvalue weighted by molar-refractivity contribution is 5.93. The number of hydrogen-bond donors (Lipinski definition) is 1. The number of carbonyl (C=O) groups is 2. The van der Waals surface area contributed by atoms with Crippen molar-refractivity contribution in [2.45, 2.75) is 25.6 Å². The fourth-order valence-corrected chi connectivity index (χ4v) is 5.40. The Kier molecular flexibility index (Phi) is 6.32. The van der Waals surface area contributed by atoms with Crippen molar-refractivity contribution in [3.05, 3.63) is 69.9 Å². The summed E-state index contributed by atoms with van der Waals surface area (Å²) in [5.41, 5.74) is 1.40. The van der Waals surface area contributed by atoms with Crippen molar-refractivity contribution in [3.8, 4) is 11.5 Å². The molecular weight excluding hydrogens is 490 g/mol. The highest BCUT2D eigenvalue weighted by Crippen LogP contribution is 2.35. The molecule has 12 heteroatoms. The summed E-state index contributed by atoms with van der Waals surface area (Å²) in [6, 6.07) is 9.09. The Morgan fingerprint density at radius 2 is 1.97 bits per heavy atom. The minimum atomic E-state index is -0.385. The summed E-state index contributed by atoms with van der Waals surface area (Å²) in [5.74, 6) is 1.04. The molecule has 0 aliphatic carbocycles. The molecule has 4 bridgehead atoms. The molecule has 1 saturated heterocycles. The number of ether oxygens (including phenoxy) is 2. The summed E-state index contributed by atoms with van der Waals surface area (Å²) in [6.45, 7) is 3.13. The zero-order valence-corrected chi connectivity index (χ0v) is 21.1. The van der Waals surface area contributed by atoms with Crippen LogP contribution in [-0.4, -0.2) is 81.2 Å². The lowest BCUT2D eigenvalue weighted by molar-refractivity contribution is -0.122. The van der Waals surface area contributed by atoms with E-state index in [2.05, 4.69) is 20.5 Å². The third-order valence-electron chi connectivity index (χ3n) is 7.37. The highest BCUT2D eigenvalue weighted by atomic mass is 16.7. The fourth-order valence-electron chi connectivity index (χ4n) is 5.40. The van der Waals surface area contributed by atoms with E-state index in [9.17, 15) is 14.4 Å². The van der Waals surface area contributed by atoms with Crippen molar-refractivity contribution >= 4 is 11.8 Å². The van der Waals surface area contributed by atoms with Gasteiger partial charge in [0, 0.05) is 58.3 Å². The van der Waals surface area contributed by atoms with Gasteiger partial charge in [-0.05, 0) is 29.8 Å². The SMILES string of the molecule is CN1CCNC(=O)C[C@H]2CN(Cc3ccc4c(c3)OCO4)C[C@H]2n2cc(nn2)Cn2cccc(c2=O)C1=O. The van der Waals surface area contributed by atoms with E-state index in [4.69, 9.17) is 9.47 Å². The van der Waals surface area contributed by atoms with Crippen LogP contribution in [0.25, 0.3) is 0 Å². The van der Waals surface area contributed by atoms with Gasteiger partial charge in [0.25, 0.3) is 11.5 Å². The van der Waals surface area contributed by atoms with Crippen LogP contribution in [0.3, 0.4) is 0 Å². The Hall–Kier alpha value is -4.19. The number of carbonyl (C=O) groups excluding carboxylic acids is 2. The lowest BCUT2D eigenvalue weighted by Gasteiger charge is -2.20. The molecule has 3 aliphatic heterocycles. The molecule has 0 saturated carbocycles. The number of nitrogens with zero attached hydrogens (tertiary/aromatic N) is 6. The van der Waals surface area contributed by atoms with Crippen LogP contribution in [0.5, 0.6) is 11.5 Å². The maximum absolute atomic E-state index is 13.0. The summed E-state index contributed by atoms with van der Waals surface area (Å²) in [6.07, 6.45) is 3.80. The molecule has 5 heterocycles. The van der Waals surface area contributed by atoms with Crippen molar-refractivity contribution in [2.75, 3.05) is 40.0 Å². The first-order valence-corrected chi connectivity index (χ1v) is 12.7. The zero-order valence-electron chi connectivity index (χ0n) is 21.1. The average Bonchev–Trinajstić information content (AvgIpc) is 3.64. The van der Waals surface area contributed by atoms with Crippen molar-refractivity contribution in [2.24, 2.45) is 5.92 Å². The zero-order chi connectivity index (χ0) is 26.2. The number of hydrogen-bond acceptors (Lipinski definition) is 8. The average molecular weight is 520 g/mol. The first-order valence-electron chi connectivity index (χ1n) is 12.7. The lowest BCUT2D eigenvalue weighted by atomic mass is 9.99. The topological polar surface area (TPSA) is 124 Å². The molecule has 0 radical (unpaired) electrons. The maximum atomic E-state index is 13.0. The summed E-state index contributed by atoms with van der Waals surface area (Å²) < 4.78 is 14.2. The van der Waals surface area contributed by atoms with E-state index < -0.39 is 0 Å². The number of rotatable bonds is 2. The summed E-state index contributed by atoms with van der Waals surface area (Å²) in [4.78, 5) is 42.6. The number of likely N-dealkylation sites (N-methyl/N-ethyl adjacent to an activating group) is 1. The van der Waals surface area contributed by atoms with Gasteiger partial charge in [-0.1, -0.05) is 11.3 Å². The number of benzene rings is 1. The normalized spacial score (nSPS) is 21.9. The molecule has 1 fully saturated rings. The highest BCUT2D eigenvalue weighted by Gasteiger charge is 2.36. The van der Waals surface area contributed by atoms with Gasteiger partial charge >= 0.3 is 0 Å². The standard InChI is InChI=1S/C26H29N7O5/c1-30-8-6-27-24(34)10-18-12-31(11-17-4-5-22-23(9-17)38-16-37-22)15-21(18)33-14-19(28-29-33)13-32-7-2-3-20(25(30)35)26(32)36/h2-5,7,9,14,18,21H,6,8,10-13,15-16H2,1H3,(H,27,34)/t18-,21+/m0/s1. The van der Waals surface area contributed by atoms with Gasteiger partial charge in [-0.15, -0.1) is 5.10 Å². The minimum Gasteiger partial charge on any atom is -0.454 e. The molecule has 1 aromatic carbocycles. The lowest BCUT2D eigenvalue weighted by Crippen LogP contribution is -2.39. The predicted octanol–water partition coefficient (Wildman–Crippen LogP) is 0.482. The minimum absolute atomic E-state index is 0.0110. The van der Waals surface area contributed by atoms with Gasteiger partial charge in [0.1, 0.15) is 11.3 Å². The Morgan fingerprint density at radius 3 is 2.87 bits per heavy atom. The second kappa shape index (κ2) is 9.93. The van der Waals surface area contributed by atoms with Crippen molar-refractivity contribution in [3.63, 3.8) is 0 Å². The summed E-state index contributed by atoms with van der Waals surface area (Å²) in [7, 11) is 1.63. The van der Waals surface area contributed by atoms with Crippen LogP contribution in [0.2, 0.25) is 0 Å². The summed E-state index contributed by atoms with van der Waals surface area (Å²) >= 11 is 0. The number of aromatic nitrogens is 4. The Bertz CT molecular complexity index is 1430. The van der Waals surface area contributed by atoms with Crippen molar-refractivity contribution in [1.82, 2.24) is 34.7 Å². The van der Waals surface area contributed by atoms with E-state index in [-0.39, 0.29) is 48.2 Å². The monoisotopic (exact) mass is 519 g/mol. The number of likely N-dealkylation sites (tertiary alicyclic amines) is 1. The second-order valence-corrected chi connectivity index (χ2v) is 10.0. The third-order valence-corrected chi connectivity index (χ3v) is 7.37. The molecule has 2 atom stereocenters. The van der Waals surface area contributed by atoms with Gasteiger partial charge in [0.15, 0.2) is 11.5 Å². The van der Waals surface area contributed by atoms with Gasteiger partial charge in [-0.3, -0.25) is 19.3 Å². The second-order valence-electron chi connectivity index (χ2n) is 10.0. The van der Waals surface area contributed by atoms with Crippen LogP contribution in [0.15, 0.2) is 47.5 Å². The third kappa shape index (κ3) is 4.74. The molecule has 2 amide bonds. The fraction of sp³-hybridized carbons (Fsp3) is 0.423. The Labute approximate surface area is 218 Å². The van der Waals surface area contributed by atoms with E-state index >= 15 is 0 Å². The number of pyridine rings is 1. The van der Waals surface area contributed by atoms with Crippen molar-refractivity contribution in [1.29, 1.82) is 0 Å². The molecule has 38 heavy (non-hydrogen) atoms. The van der Waals surface area contributed by atoms with Crippen LogP contribution < -0.4 is 20.3 Å². The van der Waals surface area contributed by atoms with Crippen LogP contribution in [0.1, 0.15) is 34.1 Å². The Morgan fingerprint density at radius 1 is 1.11 bits per heavy atom. The van der Waals surface area contributed by atoms with Crippen LogP contribution in [0, 0.1) is 5.92 Å². The molecule has 3 aliphatic rings. The molecule has 12 nitrogen and oxygen atoms in total. The van der Waals surface area contributed by atoms with Crippen molar-refractivity contribution < 1.29 is 19.1 Å². The first-order chi connectivity index (χ1) is 18.4. The van der Waals surface area contributed by atoms with Crippen LogP contribution >= 0.6 is 0 Å². The van der Waals surface area contributed by atoms with E-state index in [1.165, 1.54) is 15.5 Å². The summed E-state index contributed by atoms with van der Waals surface area (Å²) in [5, 5.41) is 11.6. The first kappa shape index (κ1) is 24.2. The van der Waals surface area contributed by atoms with Gasteiger partial charge in [0.2, 0.25) is 12.7 Å². The quantitative estimate of drug-likeness (QED) is 0.519.